The Morgan fingerprint density at radius 3 is 1.66 bits per heavy atom. The highest BCUT2D eigenvalue weighted by Crippen LogP contribution is 2.55. The van der Waals surface area contributed by atoms with E-state index < -0.39 is 0 Å². The van der Waals surface area contributed by atoms with Crippen LogP contribution in [0.15, 0.2) is 387 Å². The lowest BCUT2D eigenvalue weighted by Crippen LogP contribution is -2.34. The Balaban J connectivity index is 0.000000113. The number of ether oxygens (including phenoxy) is 2. The molecule has 0 fully saturated rings. The lowest BCUT2D eigenvalue weighted by molar-refractivity contribution is -0.440. The molecule has 1 unspecified atom stereocenters. The summed E-state index contributed by atoms with van der Waals surface area (Å²) < 4.78 is 19.8. The molecule has 0 radical (unpaired) electrons. The van der Waals surface area contributed by atoms with Crippen molar-refractivity contribution in [3.05, 3.63) is 433 Å². The molecule has 1 atom stereocenters. The number of allylic oxidation sites excluding steroid dienone is 16. The van der Waals surface area contributed by atoms with Gasteiger partial charge in [-0.3, -0.25) is 24.2 Å². The number of ketones is 4. The Bertz CT molecular complexity index is 8420. The van der Waals surface area contributed by atoms with Gasteiger partial charge in [0.2, 0.25) is 22.9 Å². The number of aryl methyl sites for hydroxylation is 2. The Morgan fingerprint density at radius 1 is 0.462 bits per heavy atom. The van der Waals surface area contributed by atoms with Gasteiger partial charge < -0.3 is 48.8 Å². The number of aliphatic hydroxyl groups excluding tert-OH is 2. The number of para-hydroxylation sites is 7. The molecule has 0 spiro atoms. The first-order chi connectivity index (χ1) is 68.7. The van der Waals surface area contributed by atoms with Crippen molar-refractivity contribution in [3.8, 4) is 5.75 Å². The van der Waals surface area contributed by atoms with E-state index in [1.807, 2.05) is 270 Å². The monoisotopic (exact) mass is 1880 g/mol. The quantitative estimate of drug-likeness (QED) is 0.0723. The highest BCUT2D eigenvalue weighted by atomic mass is 16.5. The molecule has 10 aliphatic rings. The van der Waals surface area contributed by atoms with E-state index in [1.165, 1.54) is 43.8 Å². The number of fused-ring (bicyclic) bond motifs is 11. The summed E-state index contributed by atoms with van der Waals surface area (Å²) in [6, 6.07) is 92.8. The van der Waals surface area contributed by atoms with Gasteiger partial charge in [-0.25, -0.2) is 4.99 Å². The van der Waals surface area contributed by atoms with Crippen molar-refractivity contribution >= 4 is 146 Å². The van der Waals surface area contributed by atoms with Gasteiger partial charge in [0, 0.05) is 204 Å². The maximum absolute atomic E-state index is 13.8. The fraction of sp³-hybridized carbons (Fsp3) is 0.200. The molecule has 6 aliphatic heterocycles. The van der Waals surface area contributed by atoms with Gasteiger partial charge in [-0.1, -0.05) is 245 Å². The smallest absolute Gasteiger partial charge is 0.210 e. The summed E-state index contributed by atoms with van der Waals surface area (Å²) >= 11 is 0. The molecule has 143 heavy (non-hydrogen) atoms. The minimum Gasteiger partial charge on any atom is -0.871 e. The lowest BCUT2D eigenvalue weighted by atomic mass is 9.76. The van der Waals surface area contributed by atoms with Crippen molar-refractivity contribution in [2.75, 3.05) is 50.7 Å². The van der Waals surface area contributed by atoms with Crippen LogP contribution in [0.3, 0.4) is 0 Å². The zero-order valence-corrected chi connectivity index (χ0v) is 83.1. The molecule has 2 N–H and O–H groups in total. The number of hydrogen-bond donors (Lipinski definition) is 2. The van der Waals surface area contributed by atoms with Crippen LogP contribution in [0.4, 0.5) is 34.1 Å². The van der Waals surface area contributed by atoms with E-state index in [1.54, 1.807) is 7.11 Å². The number of nitrogens with zero attached hydrogens (tertiary/aromatic N) is 8. The van der Waals surface area contributed by atoms with E-state index in [-0.39, 0.29) is 85.1 Å². The van der Waals surface area contributed by atoms with Crippen LogP contribution in [0.25, 0.3) is 65.6 Å². The molecule has 710 valence electrons. The van der Waals surface area contributed by atoms with Gasteiger partial charge in [0.1, 0.15) is 30.9 Å². The standard InChI is InChI=1S/C34H32N2O3.C33H30N2O3.2C29H24N2O2/c1-21(39-4)18-19-36-27-17-11-9-15-25(27)34(2,3)28(36)20-24-32(37)30(33(24)38)29-23-14-8-10-16-26(23)35-31(29)22-12-6-5-7-13-22;1-21-29(23-14-8-10-16-26(23)34(21)4)30-31(36)24(32(30)37)20-28-33(2,3)25-15-9-11-17-27(25)35(28)18-19-38-22-12-6-5-7-13-22;1-16-25(19-11-7-8-12-22(19)30-16)26-27(32)20(28(26)33)15-24-29(2,3)21-13-17-9-5-6-10-18(17)14-23(21)31(24)4;1-29(2)24(31(4)23-14-13-17-9-5-6-10-18(17)26(23)29)15-20-27(32)25(28(20)33)21-16-30(3)22-12-8-7-11-19(21)22/h5-17,20-21,37H,18-19H2,1-4H3;5-17,20H,18-19H2,1-4H3;5-15,32H,1-4H3;5-16H,1-4H3. The van der Waals surface area contributed by atoms with E-state index >= 15 is 0 Å². The second-order valence-electron chi connectivity index (χ2n) is 40.3. The Morgan fingerprint density at radius 2 is 0.993 bits per heavy atom. The fourth-order valence-corrected chi connectivity index (χ4v) is 22.7. The first-order valence-corrected chi connectivity index (χ1v) is 48.7. The molecule has 14 aromatic rings. The average Bonchev–Trinajstić information content (AvgIpc) is 1.56. The van der Waals surface area contributed by atoms with Crippen LogP contribution in [0.2, 0.25) is 0 Å². The largest absolute Gasteiger partial charge is 0.871 e. The van der Waals surface area contributed by atoms with Crippen LogP contribution in [-0.2, 0) is 59.7 Å². The molecule has 12 aromatic carbocycles. The summed E-state index contributed by atoms with van der Waals surface area (Å²) in [4.78, 5) is 67.8. The number of rotatable bonds is 15. The summed E-state index contributed by atoms with van der Waals surface area (Å²) in [5, 5.41) is 55.9. The number of carbonyl (C=O) groups is 4. The maximum atomic E-state index is 13.8. The summed E-state index contributed by atoms with van der Waals surface area (Å²) in [7, 11) is 9.66. The lowest BCUT2D eigenvalue weighted by Gasteiger charge is -2.31. The van der Waals surface area contributed by atoms with Crippen molar-refractivity contribution in [1.29, 1.82) is 0 Å². The Hall–Kier alpha value is -16.4. The van der Waals surface area contributed by atoms with Gasteiger partial charge in [0.25, 0.3) is 0 Å². The van der Waals surface area contributed by atoms with Crippen LogP contribution >= 0.6 is 0 Å². The van der Waals surface area contributed by atoms with Crippen LogP contribution in [-0.4, -0.2) is 121 Å². The van der Waals surface area contributed by atoms with E-state index in [0.29, 0.717) is 57.9 Å². The molecule has 0 saturated carbocycles. The molecular formula is C125H110N8O10. The molecule has 0 amide bonds. The maximum Gasteiger partial charge on any atom is 0.210 e. The number of aromatic nitrogens is 2. The zero-order valence-electron chi connectivity index (χ0n) is 83.1. The normalized spacial score (nSPS) is 19.7. The van der Waals surface area contributed by atoms with Crippen LogP contribution < -0.4 is 24.7 Å². The number of carbonyl (C=O) groups excluding carboxylic acids is 4. The number of anilines is 2. The number of methoxy groups -OCH3 is 1. The molecule has 0 bridgehead atoms. The fourth-order valence-electron chi connectivity index (χ4n) is 22.7. The molecule has 18 heteroatoms. The Labute approximate surface area is 831 Å². The van der Waals surface area contributed by atoms with Gasteiger partial charge in [-0.2, -0.15) is 9.15 Å². The molecule has 2 aromatic heterocycles. The van der Waals surface area contributed by atoms with E-state index in [0.717, 1.165) is 142 Å². The Kier molecular flexibility index (Phi) is 23.0. The minimum atomic E-state index is -0.373. The highest BCUT2D eigenvalue weighted by molar-refractivity contribution is 6.45. The summed E-state index contributed by atoms with van der Waals surface area (Å²) in [6.45, 7) is 25.0. The zero-order chi connectivity index (χ0) is 100. The third kappa shape index (κ3) is 15.0. The van der Waals surface area contributed by atoms with Crippen molar-refractivity contribution < 1.29 is 58.2 Å². The van der Waals surface area contributed by atoms with Gasteiger partial charge in [-0.15, -0.1) is 0 Å². The van der Waals surface area contributed by atoms with Crippen molar-refractivity contribution in [2.45, 2.75) is 110 Å². The topological polar surface area (TPSA) is 220 Å². The number of hydrogen-bond acceptors (Lipinski definition) is 14. The van der Waals surface area contributed by atoms with E-state index in [9.17, 15) is 39.6 Å². The number of likely N-dealkylation sites (N-methyl/N-ethyl adjacent to an activating group) is 1. The predicted octanol–water partition coefficient (Wildman–Crippen LogP) is 23.3. The van der Waals surface area contributed by atoms with Gasteiger partial charge in [-0.05, 0) is 160 Å². The summed E-state index contributed by atoms with van der Waals surface area (Å²) in [6.07, 6.45) is 10.2. The van der Waals surface area contributed by atoms with Crippen molar-refractivity contribution in [3.63, 3.8) is 0 Å². The van der Waals surface area contributed by atoms with Crippen LogP contribution in [0.1, 0.15) is 131 Å². The van der Waals surface area contributed by atoms with Crippen LogP contribution in [0, 0.1) is 6.92 Å². The van der Waals surface area contributed by atoms with Gasteiger partial charge in [0.05, 0.1) is 56.3 Å². The van der Waals surface area contributed by atoms with E-state index in [2.05, 4.69) is 177 Å². The minimum absolute atomic E-state index is 0.0276. The third-order valence-electron chi connectivity index (χ3n) is 30.6. The summed E-state index contributed by atoms with van der Waals surface area (Å²) in [5.41, 5.74) is 25.9. The van der Waals surface area contributed by atoms with Gasteiger partial charge in [0.15, 0.2) is 29.5 Å². The second-order valence-corrected chi connectivity index (χ2v) is 40.3. The number of benzene rings is 12. The van der Waals surface area contributed by atoms with Crippen molar-refractivity contribution in [1.82, 2.24) is 9.13 Å². The number of Topliss-reactive ketones (excluding diaryl/α,β-unsaturated/α-hetero) is 4. The number of aliphatic hydroxyl groups is 2. The summed E-state index contributed by atoms with van der Waals surface area (Å²) in [5.74, 6) is -0.114. The average molecular weight is 1880 g/mol. The third-order valence-corrected chi connectivity index (χ3v) is 30.6. The molecule has 8 heterocycles. The predicted molar refractivity (Wildman–Crippen MR) is 571 cm³/mol. The number of aliphatic imine (C=N–C) groups is 2. The first kappa shape index (κ1) is 92.9. The molecule has 18 nitrogen and oxygen atoms in total. The highest BCUT2D eigenvalue weighted by Gasteiger charge is 2.51. The van der Waals surface area contributed by atoms with E-state index in [4.69, 9.17) is 14.5 Å². The molecule has 0 saturated heterocycles. The second kappa shape index (κ2) is 35.4. The molecule has 24 rings (SSSR count). The SMILES string of the molecule is CC1=Nc2ccccc2C1=C1C(=O)C(C=C2N(C)c3cc4ccccc4cc3C2(C)C)=C1O.COC(C)CCN1C(=CC2=C(O)C(=C3C(c4ccccc4)=Nc4ccccc43)C2=O)C(C)(C)c2ccccc21.Cc1c(C2=C([O-])C(=CC3=[N+](CCOc4ccccc4)c4ccccc4C3(C)C)C2=O)c2ccccc2n1C.Cn1cc(C2=C([O-])C(=CC3=[N+](C)c4ccc5ccccc5c4C3(C)C)C2=O)c2ccccc21. The molecule has 4 aliphatic carbocycles. The van der Waals surface area contributed by atoms with Gasteiger partial charge >= 0.3 is 0 Å². The first-order valence-electron chi connectivity index (χ1n) is 48.7. The molecular weight excluding hydrogens is 1770 g/mol. The van der Waals surface area contributed by atoms with Crippen LogP contribution in [0.5, 0.6) is 5.75 Å². The van der Waals surface area contributed by atoms with Crippen molar-refractivity contribution in [2.24, 2.45) is 24.1 Å².